The number of nitrogens with zero attached hydrogens (tertiary/aromatic N) is 1. The van der Waals surface area contributed by atoms with Crippen LogP contribution in [-0.4, -0.2) is 35.7 Å². The average molecular weight is 535 g/mol. The van der Waals surface area contributed by atoms with Gasteiger partial charge in [-0.15, -0.1) is 0 Å². The second kappa shape index (κ2) is 13.0. The minimum atomic E-state index is -1.46. The summed E-state index contributed by atoms with van der Waals surface area (Å²) in [5.74, 6) is -0.627. The van der Waals surface area contributed by atoms with Gasteiger partial charge in [0.1, 0.15) is 17.6 Å². The number of amides is 1. The molecule has 0 spiro atoms. The Balaban J connectivity index is 1.63. The fourth-order valence-corrected chi connectivity index (χ4v) is 3.79. The van der Waals surface area contributed by atoms with Crippen molar-refractivity contribution in [3.8, 4) is 28.7 Å². The first kappa shape index (κ1) is 28.5. The van der Waals surface area contributed by atoms with Crippen LogP contribution >= 0.6 is 11.6 Å². The predicted molar refractivity (Wildman–Crippen MR) is 147 cm³/mol. The van der Waals surface area contributed by atoms with E-state index in [1.165, 1.54) is 13.8 Å². The SMILES string of the molecule is CCCCOc1ccc(Cl)cc1C(=O)NCCc1ccc(-c2ccc(OC(C)(C)C(=O)O)c(C#N)c2)cc1. The lowest BCUT2D eigenvalue weighted by Gasteiger charge is -2.22. The van der Waals surface area contributed by atoms with Gasteiger partial charge in [0, 0.05) is 11.6 Å². The Morgan fingerprint density at radius 2 is 1.71 bits per heavy atom. The minimum absolute atomic E-state index is 0.217. The van der Waals surface area contributed by atoms with Crippen LogP contribution in [0.4, 0.5) is 0 Å². The molecule has 38 heavy (non-hydrogen) atoms. The summed E-state index contributed by atoms with van der Waals surface area (Å²) in [5, 5.41) is 22.2. The van der Waals surface area contributed by atoms with Crippen molar-refractivity contribution in [1.29, 1.82) is 5.26 Å². The molecule has 0 fully saturated rings. The average Bonchev–Trinajstić information content (AvgIpc) is 2.90. The van der Waals surface area contributed by atoms with E-state index in [0.717, 1.165) is 29.5 Å². The van der Waals surface area contributed by atoms with E-state index in [-0.39, 0.29) is 17.2 Å². The molecule has 3 aromatic rings. The zero-order valence-electron chi connectivity index (χ0n) is 21.7. The van der Waals surface area contributed by atoms with Gasteiger partial charge in [0.2, 0.25) is 0 Å². The van der Waals surface area contributed by atoms with Gasteiger partial charge in [0.15, 0.2) is 5.60 Å². The van der Waals surface area contributed by atoms with Crippen LogP contribution in [0, 0.1) is 11.3 Å². The molecule has 0 saturated heterocycles. The van der Waals surface area contributed by atoms with E-state index in [0.29, 0.717) is 35.9 Å². The molecular formula is C30H31ClN2O5. The number of nitriles is 1. The minimum Gasteiger partial charge on any atom is -0.493 e. The number of rotatable bonds is 12. The van der Waals surface area contributed by atoms with Crippen molar-refractivity contribution >= 4 is 23.5 Å². The largest absolute Gasteiger partial charge is 0.493 e. The third kappa shape index (κ3) is 7.50. The Bertz CT molecular complexity index is 1330. The maximum atomic E-state index is 12.8. The third-order valence-electron chi connectivity index (χ3n) is 5.91. The lowest BCUT2D eigenvalue weighted by atomic mass is 10.0. The summed E-state index contributed by atoms with van der Waals surface area (Å²) in [7, 11) is 0. The number of carboxylic acids is 1. The summed E-state index contributed by atoms with van der Waals surface area (Å²) in [5.41, 5.74) is 1.94. The Morgan fingerprint density at radius 3 is 2.37 bits per heavy atom. The molecule has 0 aliphatic rings. The highest BCUT2D eigenvalue weighted by Crippen LogP contribution is 2.29. The van der Waals surface area contributed by atoms with Crippen LogP contribution in [0.1, 0.15) is 55.1 Å². The molecule has 0 aliphatic heterocycles. The number of carbonyl (C=O) groups is 2. The molecule has 0 unspecified atom stereocenters. The molecule has 198 valence electrons. The number of benzene rings is 3. The smallest absolute Gasteiger partial charge is 0.347 e. The standard InChI is InChI=1S/C30H31ClN2O5/c1-4-5-16-37-27-13-11-24(31)18-25(27)28(34)33-15-14-20-6-8-21(9-7-20)22-10-12-26(23(17-22)19-32)38-30(2,3)29(35)36/h6-13,17-18H,4-5,14-16H2,1-3H3,(H,33,34)(H,35,36). The highest BCUT2D eigenvalue weighted by Gasteiger charge is 2.30. The van der Waals surface area contributed by atoms with Crippen LogP contribution in [0.3, 0.4) is 0 Å². The molecule has 0 bridgehead atoms. The molecule has 0 heterocycles. The lowest BCUT2D eigenvalue weighted by Crippen LogP contribution is -2.38. The second-order valence-electron chi connectivity index (χ2n) is 9.29. The number of hydrogen-bond donors (Lipinski definition) is 2. The van der Waals surface area contributed by atoms with Crippen molar-refractivity contribution in [2.75, 3.05) is 13.2 Å². The summed E-state index contributed by atoms with van der Waals surface area (Å²) >= 11 is 6.10. The van der Waals surface area contributed by atoms with E-state index in [1.54, 1.807) is 36.4 Å². The molecular weight excluding hydrogens is 504 g/mol. The Labute approximate surface area is 228 Å². The summed E-state index contributed by atoms with van der Waals surface area (Å²) in [6.07, 6.45) is 2.52. The lowest BCUT2D eigenvalue weighted by molar-refractivity contribution is -0.152. The highest BCUT2D eigenvalue weighted by atomic mass is 35.5. The number of unbranched alkanes of at least 4 members (excludes halogenated alkanes) is 1. The maximum Gasteiger partial charge on any atom is 0.347 e. The quantitative estimate of drug-likeness (QED) is 0.265. The van der Waals surface area contributed by atoms with E-state index in [9.17, 15) is 20.0 Å². The molecule has 7 nitrogen and oxygen atoms in total. The summed E-state index contributed by atoms with van der Waals surface area (Å²) in [4.78, 5) is 24.1. The Morgan fingerprint density at radius 1 is 1.03 bits per heavy atom. The van der Waals surface area contributed by atoms with Gasteiger partial charge >= 0.3 is 5.97 Å². The zero-order valence-corrected chi connectivity index (χ0v) is 22.5. The van der Waals surface area contributed by atoms with E-state index in [1.807, 2.05) is 24.3 Å². The van der Waals surface area contributed by atoms with Crippen LogP contribution in [-0.2, 0) is 11.2 Å². The third-order valence-corrected chi connectivity index (χ3v) is 6.14. The molecule has 0 radical (unpaired) electrons. The van der Waals surface area contributed by atoms with Gasteiger partial charge in [-0.25, -0.2) is 4.79 Å². The van der Waals surface area contributed by atoms with E-state index < -0.39 is 11.6 Å². The van der Waals surface area contributed by atoms with Crippen molar-refractivity contribution in [2.24, 2.45) is 0 Å². The first-order chi connectivity index (χ1) is 18.1. The van der Waals surface area contributed by atoms with E-state index in [2.05, 4.69) is 18.3 Å². The van der Waals surface area contributed by atoms with Crippen molar-refractivity contribution < 1.29 is 24.2 Å². The summed E-state index contributed by atoms with van der Waals surface area (Å²) in [6.45, 7) is 5.91. The topological polar surface area (TPSA) is 109 Å². The molecule has 0 aromatic heterocycles. The molecule has 8 heteroatoms. The van der Waals surface area contributed by atoms with Crippen LogP contribution in [0.15, 0.2) is 60.7 Å². The van der Waals surface area contributed by atoms with Crippen LogP contribution in [0.2, 0.25) is 5.02 Å². The van der Waals surface area contributed by atoms with Crippen molar-refractivity contribution in [1.82, 2.24) is 5.32 Å². The van der Waals surface area contributed by atoms with Crippen molar-refractivity contribution in [3.63, 3.8) is 0 Å². The molecule has 3 aromatic carbocycles. The first-order valence-corrected chi connectivity index (χ1v) is 12.8. The van der Waals surface area contributed by atoms with Gasteiger partial charge in [-0.05, 0) is 73.7 Å². The second-order valence-corrected chi connectivity index (χ2v) is 9.72. The first-order valence-electron chi connectivity index (χ1n) is 12.4. The normalized spacial score (nSPS) is 10.9. The number of aliphatic carboxylic acids is 1. The fraction of sp³-hybridized carbons (Fsp3) is 0.300. The summed E-state index contributed by atoms with van der Waals surface area (Å²) < 4.78 is 11.3. The predicted octanol–water partition coefficient (Wildman–Crippen LogP) is 6.27. The van der Waals surface area contributed by atoms with Gasteiger partial charge in [-0.3, -0.25) is 4.79 Å². The number of carboxylic acid groups (broad SMARTS) is 1. The number of hydrogen-bond acceptors (Lipinski definition) is 5. The van der Waals surface area contributed by atoms with Gasteiger partial charge in [0.25, 0.3) is 5.91 Å². The molecule has 0 aliphatic carbocycles. The van der Waals surface area contributed by atoms with Crippen LogP contribution in [0.25, 0.3) is 11.1 Å². The molecule has 0 saturated carbocycles. The van der Waals surface area contributed by atoms with Gasteiger partial charge in [-0.2, -0.15) is 5.26 Å². The highest BCUT2D eigenvalue weighted by molar-refractivity contribution is 6.31. The summed E-state index contributed by atoms with van der Waals surface area (Å²) in [6, 6.07) is 20.0. The van der Waals surface area contributed by atoms with Crippen LogP contribution < -0.4 is 14.8 Å². The number of nitrogens with one attached hydrogen (secondary N) is 1. The van der Waals surface area contributed by atoms with Gasteiger partial charge in [-0.1, -0.05) is 55.3 Å². The monoisotopic (exact) mass is 534 g/mol. The van der Waals surface area contributed by atoms with Gasteiger partial charge in [0.05, 0.1) is 17.7 Å². The maximum absolute atomic E-state index is 12.8. The molecule has 3 rings (SSSR count). The molecule has 2 N–H and O–H groups in total. The van der Waals surface area contributed by atoms with Crippen molar-refractivity contribution in [2.45, 2.75) is 45.6 Å². The molecule has 1 amide bonds. The Hall–Kier alpha value is -4.02. The number of halogens is 1. The number of ether oxygens (including phenoxy) is 2. The van der Waals surface area contributed by atoms with Crippen molar-refractivity contribution in [3.05, 3.63) is 82.4 Å². The Kier molecular flexibility index (Phi) is 9.75. The molecule has 0 atom stereocenters. The van der Waals surface area contributed by atoms with Crippen LogP contribution in [0.5, 0.6) is 11.5 Å². The van der Waals surface area contributed by atoms with E-state index >= 15 is 0 Å². The number of carbonyl (C=O) groups excluding carboxylic acids is 1. The zero-order chi connectivity index (χ0) is 27.7. The van der Waals surface area contributed by atoms with Gasteiger partial charge < -0.3 is 19.9 Å². The van der Waals surface area contributed by atoms with E-state index in [4.69, 9.17) is 21.1 Å². The fourth-order valence-electron chi connectivity index (χ4n) is 3.62.